The van der Waals surface area contributed by atoms with Gasteiger partial charge in [0.05, 0.1) is 29.2 Å². The summed E-state index contributed by atoms with van der Waals surface area (Å²) in [6.45, 7) is 1.50. The van der Waals surface area contributed by atoms with Crippen LogP contribution in [0.15, 0.2) is 72.8 Å². The van der Waals surface area contributed by atoms with E-state index in [9.17, 15) is 32.9 Å². The molecule has 12 heteroatoms. The lowest BCUT2D eigenvalue weighted by molar-refractivity contribution is -0.383. The van der Waals surface area contributed by atoms with Crippen LogP contribution in [0.1, 0.15) is 23.6 Å². The Balaban J connectivity index is 1.93. The largest absolute Gasteiger partial charge is 0.450 e. The second-order valence-electron chi connectivity index (χ2n) is 7.63. The van der Waals surface area contributed by atoms with E-state index in [1.807, 2.05) is 0 Å². The number of rotatable bonds is 9. The molecule has 0 aliphatic rings. The highest BCUT2D eigenvalue weighted by atomic mass is 19.4. The fourth-order valence-corrected chi connectivity index (χ4v) is 3.29. The van der Waals surface area contributed by atoms with Crippen LogP contribution in [0.25, 0.3) is 0 Å². The maximum absolute atomic E-state index is 13.2. The molecular formula is C25H22F3N3O6. The number of halogens is 3. The molecule has 0 atom stereocenters. The SMILES string of the molecule is CCOC(=O)Nc1ccc(N(OCc2ccccc2)C(=O)Cc2cccc(C(F)(F)F)c2)cc1[N+](=O)[O-]. The summed E-state index contributed by atoms with van der Waals surface area (Å²) in [7, 11) is 0. The highest BCUT2D eigenvalue weighted by Gasteiger charge is 2.31. The van der Waals surface area contributed by atoms with Crippen LogP contribution < -0.4 is 10.4 Å². The van der Waals surface area contributed by atoms with Crippen molar-refractivity contribution in [2.45, 2.75) is 26.1 Å². The van der Waals surface area contributed by atoms with Crippen molar-refractivity contribution in [3.05, 3.63) is 99.6 Å². The average Bonchev–Trinajstić information content (AvgIpc) is 2.85. The van der Waals surface area contributed by atoms with Gasteiger partial charge in [0.25, 0.3) is 11.6 Å². The lowest BCUT2D eigenvalue weighted by atomic mass is 10.1. The number of nitro groups is 1. The molecule has 0 aliphatic carbocycles. The van der Waals surface area contributed by atoms with Crippen LogP contribution in [0.4, 0.5) is 35.0 Å². The monoisotopic (exact) mass is 517 g/mol. The van der Waals surface area contributed by atoms with Crippen molar-refractivity contribution in [3.63, 3.8) is 0 Å². The highest BCUT2D eigenvalue weighted by Crippen LogP contribution is 2.32. The van der Waals surface area contributed by atoms with Crippen LogP contribution in [0.3, 0.4) is 0 Å². The van der Waals surface area contributed by atoms with Crippen LogP contribution in [0.5, 0.6) is 0 Å². The molecule has 0 spiro atoms. The highest BCUT2D eigenvalue weighted by molar-refractivity contribution is 5.95. The fraction of sp³-hybridized carbons (Fsp3) is 0.200. The maximum Gasteiger partial charge on any atom is 0.416 e. The number of alkyl halides is 3. The molecule has 3 aromatic carbocycles. The number of ether oxygens (including phenoxy) is 1. The van der Waals surface area contributed by atoms with E-state index < -0.39 is 40.8 Å². The summed E-state index contributed by atoms with van der Waals surface area (Å²) in [5.74, 6) is -0.768. The Morgan fingerprint density at radius 3 is 2.35 bits per heavy atom. The predicted molar refractivity (Wildman–Crippen MR) is 128 cm³/mol. The first kappa shape index (κ1) is 27.1. The Morgan fingerprint density at radius 1 is 1.00 bits per heavy atom. The van der Waals surface area contributed by atoms with Crippen molar-refractivity contribution in [3.8, 4) is 0 Å². The van der Waals surface area contributed by atoms with E-state index in [1.165, 1.54) is 24.3 Å². The number of nitrogens with one attached hydrogen (secondary N) is 1. The zero-order chi connectivity index (χ0) is 27.0. The van der Waals surface area contributed by atoms with Gasteiger partial charge in [-0.05, 0) is 36.2 Å². The van der Waals surface area contributed by atoms with Gasteiger partial charge in [-0.25, -0.2) is 4.79 Å². The molecule has 0 saturated carbocycles. The Hall–Kier alpha value is -4.45. The van der Waals surface area contributed by atoms with Crippen molar-refractivity contribution in [1.82, 2.24) is 0 Å². The number of carbonyl (C=O) groups excluding carboxylic acids is 2. The van der Waals surface area contributed by atoms with Crippen LogP contribution in [0, 0.1) is 10.1 Å². The second-order valence-corrected chi connectivity index (χ2v) is 7.63. The molecule has 2 amide bonds. The van der Waals surface area contributed by atoms with Gasteiger partial charge in [0, 0.05) is 6.07 Å². The summed E-state index contributed by atoms with van der Waals surface area (Å²) < 4.78 is 44.1. The second kappa shape index (κ2) is 12.0. The van der Waals surface area contributed by atoms with Crippen molar-refractivity contribution in [2.75, 3.05) is 17.0 Å². The zero-order valence-corrected chi connectivity index (χ0v) is 19.5. The van der Waals surface area contributed by atoms with Gasteiger partial charge in [-0.3, -0.25) is 25.1 Å². The van der Waals surface area contributed by atoms with Crippen LogP contribution >= 0.6 is 0 Å². The Labute approximate surface area is 209 Å². The molecule has 9 nitrogen and oxygen atoms in total. The van der Waals surface area contributed by atoms with E-state index in [-0.39, 0.29) is 30.2 Å². The minimum Gasteiger partial charge on any atom is -0.450 e. The summed E-state index contributed by atoms with van der Waals surface area (Å²) in [6, 6.07) is 16.5. The number of hydrogen-bond acceptors (Lipinski definition) is 6. The average molecular weight is 517 g/mol. The fourth-order valence-electron chi connectivity index (χ4n) is 3.29. The summed E-state index contributed by atoms with van der Waals surface area (Å²) in [5.41, 5.74) is -0.961. The van der Waals surface area contributed by atoms with Gasteiger partial charge >= 0.3 is 12.3 Å². The lowest BCUT2D eigenvalue weighted by Gasteiger charge is -2.23. The Morgan fingerprint density at radius 2 is 1.70 bits per heavy atom. The molecule has 0 bridgehead atoms. The van der Waals surface area contributed by atoms with Crippen molar-refractivity contribution in [2.24, 2.45) is 0 Å². The van der Waals surface area contributed by atoms with Crippen molar-refractivity contribution in [1.29, 1.82) is 0 Å². The molecule has 3 rings (SSSR count). The number of hydrogen-bond donors (Lipinski definition) is 1. The van der Waals surface area contributed by atoms with E-state index in [4.69, 9.17) is 9.57 Å². The minimum atomic E-state index is -4.59. The van der Waals surface area contributed by atoms with Gasteiger partial charge in [-0.15, -0.1) is 0 Å². The Bertz CT molecular complexity index is 1270. The smallest absolute Gasteiger partial charge is 0.416 e. The normalized spacial score (nSPS) is 11.0. The third kappa shape index (κ3) is 7.51. The third-order valence-electron chi connectivity index (χ3n) is 4.96. The number of nitrogens with zero attached hydrogens (tertiary/aromatic N) is 2. The topological polar surface area (TPSA) is 111 Å². The molecule has 0 aromatic heterocycles. The molecule has 0 saturated heterocycles. The minimum absolute atomic E-state index is 0.0445. The van der Waals surface area contributed by atoms with E-state index in [0.717, 1.165) is 23.3 Å². The molecule has 37 heavy (non-hydrogen) atoms. The van der Waals surface area contributed by atoms with Crippen LogP contribution in [-0.2, 0) is 33.6 Å². The van der Waals surface area contributed by atoms with Gasteiger partial charge < -0.3 is 4.74 Å². The molecule has 0 aliphatic heterocycles. The Kier molecular flexibility index (Phi) is 8.80. The van der Waals surface area contributed by atoms with E-state index in [2.05, 4.69) is 5.32 Å². The van der Waals surface area contributed by atoms with Gasteiger partial charge in [0.2, 0.25) is 0 Å². The number of hydroxylamine groups is 1. The summed E-state index contributed by atoms with van der Waals surface area (Å²) in [6.07, 6.45) is -5.98. The number of nitro benzene ring substituents is 1. The number of anilines is 2. The molecule has 1 N–H and O–H groups in total. The molecular weight excluding hydrogens is 495 g/mol. The van der Waals surface area contributed by atoms with E-state index >= 15 is 0 Å². The molecule has 3 aromatic rings. The first-order valence-electron chi connectivity index (χ1n) is 11.0. The number of carbonyl (C=O) groups is 2. The van der Waals surface area contributed by atoms with Gasteiger partial charge in [-0.2, -0.15) is 18.2 Å². The molecule has 0 unspecified atom stereocenters. The molecule has 0 heterocycles. The molecule has 194 valence electrons. The standard InChI is InChI=1S/C25H22F3N3O6/c1-2-36-24(33)29-21-12-11-20(15-22(21)31(34)35)30(37-16-17-7-4-3-5-8-17)23(32)14-18-9-6-10-19(13-18)25(26,27)28/h3-13,15H,2,14,16H2,1H3,(H,29,33). The first-order chi connectivity index (χ1) is 17.6. The van der Waals surface area contributed by atoms with E-state index in [0.29, 0.717) is 5.56 Å². The summed E-state index contributed by atoms with van der Waals surface area (Å²) in [4.78, 5) is 41.5. The van der Waals surface area contributed by atoms with Crippen molar-refractivity contribution >= 4 is 29.1 Å². The number of amides is 2. The van der Waals surface area contributed by atoms with Crippen LogP contribution in [0.2, 0.25) is 0 Å². The molecule has 0 radical (unpaired) electrons. The first-order valence-corrected chi connectivity index (χ1v) is 11.0. The quantitative estimate of drug-likeness (QED) is 0.280. The third-order valence-corrected chi connectivity index (χ3v) is 4.96. The summed E-state index contributed by atoms with van der Waals surface area (Å²) >= 11 is 0. The van der Waals surface area contributed by atoms with Gasteiger partial charge in [-0.1, -0.05) is 48.5 Å². The maximum atomic E-state index is 13.2. The van der Waals surface area contributed by atoms with E-state index in [1.54, 1.807) is 37.3 Å². The number of benzene rings is 3. The summed E-state index contributed by atoms with van der Waals surface area (Å²) in [5, 5.41) is 14.7. The van der Waals surface area contributed by atoms with Crippen molar-refractivity contribution < 1.29 is 37.3 Å². The van der Waals surface area contributed by atoms with Gasteiger partial charge in [0.15, 0.2) is 0 Å². The van der Waals surface area contributed by atoms with Crippen LogP contribution in [-0.4, -0.2) is 23.5 Å². The zero-order valence-electron chi connectivity index (χ0n) is 19.5. The predicted octanol–water partition coefficient (Wildman–Crippen LogP) is 5.89. The lowest BCUT2D eigenvalue weighted by Crippen LogP contribution is -2.32. The molecule has 0 fully saturated rings. The van der Waals surface area contributed by atoms with Gasteiger partial charge in [0.1, 0.15) is 12.3 Å².